The highest BCUT2D eigenvalue weighted by atomic mass is 79.9. The lowest BCUT2D eigenvalue weighted by Gasteiger charge is -2.24. The van der Waals surface area contributed by atoms with Crippen molar-refractivity contribution in [1.29, 1.82) is 0 Å². The number of ether oxygens (including phenoxy) is 2. The van der Waals surface area contributed by atoms with Crippen LogP contribution < -0.4 is 32.3 Å². The molecule has 8 rings (SSSR count). The van der Waals surface area contributed by atoms with Crippen LogP contribution in [0.1, 0.15) is 134 Å². The van der Waals surface area contributed by atoms with Gasteiger partial charge in [0.15, 0.2) is 0 Å². The Morgan fingerprint density at radius 1 is 0.573 bits per heavy atom. The van der Waals surface area contributed by atoms with Crippen LogP contribution in [0.3, 0.4) is 0 Å². The topological polar surface area (TPSA) is 363 Å². The van der Waals surface area contributed by atoms with E-state index in [4.69, 9.17) is 15.2 Å². The summed E-state index contributed by atoms with van der Waals surface area (Å²) in [5, 5.41) is 23.5. The number of alkyl halides is 1. The molecule has 26 nitrogen and oxygen atoms in total. The maximum atomic E-state index is 12.9. The van der Waals surface area contributed by atoms with Crippen molar-refractivity contribution < 1.29 is 62.5 Å². The summed E-state index contributed by atoms with van der Waals surface area (Å²) in [6.45, 7) is 15.8. The van der Waals surface area contributed by atoms with Gasteiger partial charge in [0.2, 0.25) is 17.7 Å². The minimum absolute atomic E-state index is 0. The molecule has 0 bridgehead atoms. The molecule has 3 aliphatic heterocycles. The lowest BCUT2D eigenvalue weighted by molar-refractivity contribution is -0.147. The highest BCUT2D eigenvalue weighted by Crippen LogP contribution is 2.32. The monoisotopic (exact) mass is 1320 g/mol. The van der Waals surface area contributed by atoms with Gasteiger partial charge in [0, 0.05) is 84.7 Å². The maximum absolute atomic E-state index is 12.9. The average Bonchev–Trinajstić information content (AvgIpc) is 2.84. The number of benzene rings is 3. The summed E-state index contributed by atoms with van der Waals surface area (Å²) in [6.07, 6.45) is 3.23. The summed E-state index contributed by atoms with van der Waals surface area (Å²) in [5.74, 6) is -1.27. The third kappa shape index (κ3) is 23.7. The van der Waals surface area contributed by atoms with Crippen molar-refractivity contribution >= 4 is 87.7 Å². The van der Waals surface area contributed by atoms with Gasteiger partial charge in [0.1, 0.15) is 47.8 Å². The molecule has 0 saturated carbocycles. The molecule has 5 heterocycles. The molecular weight excluding hydrogens is 1240 g/mol. The first-order valence-corrected chi connectivity index (χ1v) is 29.6. The normalized spacial score (nSPS) is 18.3. The summed E-state index contributed by atoms with van der Waals surface area (Å²) in [6, 6.07) is 24.0. The number of nitrogens with zero attached hydrogens (tertiary/aromatic N) is 5. The predicted molar refractivity (Wildman–Crippen MR) is 335 cm³/mol. The predicted octanol–water partition coefficient (Wildman–Crippen LogP) is 5.45. The number of Topliss-reactive ketones (excluding diaryl/α,β-unsaturated/α-hetero) is 1. The zero-order chi connectivity index (χ0) is 64.9. The molecule has 3 aromatic carbocycles. The van der Waals surface area contributed by atoms with Crippen molar-refractivity contribution in [2.45, 2.75) is 129 Å². The summed E-state index contributed by atoms with van der Waals surface area (Å²) < 4.78 is 10.2. The van der Waals surface area contributed by atoms with Crippen LogP contribution in [-0.2, 0) is 33.4 Å². The molecule has 3 aliphatic rings. The smallest absolute Gasteiger partial charge is 0.408 e. The highest BCUT2D eigenvalue weighted by Gasteiger charge is 2.42. The molecule has 10 N–H and O–H groups in total. The number of rotatable bonds is 15. The molecule has 3 fully saturated rings. The third-order valence-electron chi connectivity index (χ3n) is 13.3. The van der Waals surface area contributed by atoms with Crippen LogP contribution in [0.15, 0.2) is 103 Å². The number of aromatic nitrogens is 4. The Hall–Kier alpha value is -8.69. The van der Waals surface area contributed by atoms with E-state index in [-0.39, 0.29) is 97.9 Å². The Morgan fingerprint density at radius 3 is 1.20 bits per heavy atom. The number of aryl methyl sites for hydroxylation is 2. The number of imidazole rings is 2. The number of likely N-dealkylation sites (tertiary alicyclic amines) is 3. The summed E-state index contributed by atoms with van der Waals surface area (Å²) >= 11 is 2.96. The molecule has 3 saturated heterocycles. The number of aliphatic carboxylic acids is 1. The lowest BCUT2D eigenvalue weighted by atomic mass is 10.1. The van der Waals surface area contributed by atoms with Gasteiger partial charge < -0.3 is 71.6 Å². The molecule has 2 aromatic heterocycles. The summed E-state index contributed by atoms with van der Waals surface area (Å²) in [7, 11) is 0. The van der Waals surface area contributed by atoms with E-state index in [0.717, 1.165) is 22.1 Å². The van der Waals surface area contributed by atoms with Crippen molar-refractivity contribution in [3.8, 4) is 0 Å². The number of carboxylic acids is 1. The van der Waals surface area contributed by atoms with Crippen LogP contribution in [0.2, 0.25) is 0 Å². The van der Waals surface area contributed by atoms with Crippen LogP contribution in [0.4, 0.5) is 9.59 Å². The van der Waals surface area contributed by atoms with Gasteiger partial charge in [-0.15, -0.1) is 12.4 Å². The fourth-order valence-electron chi connectivity index (χ4n) is 9.42. The first-order valence-electron chi connectivity index (χ1n) is 28.5. The van der Waals surface area contributed by atoms with Gasteiger partial charge >= 0.3 is 18.2 Å². The number of nitrogens with two attached hydrogens (primary N) is 1. The van der Waals surface area contributed by atoms with E-state index in [2.05, 4.69) is 62.4 Å². The number of halogens is 2. The van der Waals surface area contributed by atoms with Crippen LogP contribution in [0, 0.1) is 13.8 Å². The Bertz CT molecular complexity index is 3190. The Balaban J connectivity index is 0.000000275. The number of carbonyl (C=O) groups is 10. The zero-order valence-electron chi connectivity index (χ0n) is 51.3. The molecule has 0 unspecified atom stereocenters. The molecule has 0 radical (unpaired) electrons. The second kappa shape index (κ2) is 34.2. The largest absolute Gasteiger partial charge is 0.480 e. The maximum Gasteiger partial charge on any atom is 0.408 e. The number of hydrogen-bond acceptors (Lipinski definition) is 15. The van der Waals surface area contributed by atoms with Crippen molar-refractivity contribution in [3.63, 3.8) is 0 Å². The van der Waals surface area contributed by atoms with Gasteiger partial charge in [0.25, 0.3) is 17.7 Å². The molecule has 8 amide bonds. The second-order valence-electron chi connectivity index (χ2n) is 23.0. The number of alkyl carbamates (subject to hydrolysis) is 2. The van der Waals surface area contributed by atoms with E-state index < -0.39 is 53.9 Å². The van der Waals surface area contributed by atoms with Gasteiger partial charge in [-0.25, -0.2) is 24.4 Å². The minimum Gasteiger partial charge on any atom is -0.480 e. The number of H-pyrrole nitrogens is 2. The van der Waals surface area contributed by atoms with Gasteiger partial charge in [-0.1, -0.05) is 70.5 Å². The van der Waals surface area contributed by atoms with Crippen LogP contribution in [0.25, 0.3) is 0 Å². The van der Waals surface area contributed by atoms with E-state index in [0.29, 0.717) is 53.8 Å². The summed E-state index contributed by atoms with van der Waals surface area (Å²) in [5.41, 5.74) is 7.59. The number of carboxylic acid groups (broad SMARTS) is 1. The van der Waals surface area contributed by atoms with Crippen LogP contribution in [-0.4, -0.2) is 179 Å². The van der Waals surface area contributed by atoms with Gasteiger partial charge in [0.05, 0.1) is 24.0 Å². The van der Waals surface area contributed by atoms with E-state index in [1.54, 1.807) is 130 Å². The molecule has 5 aromatic rings. The molecule has 6 atom stereocenters. The number of nitrogens with one attached hydrogen (secondary N) is 7. The Labute approximate surface area is 531 Å². The van der Waals surface area contributed by atoms with E-state index >= 15 is 0 Å². The molecular formula is C61H81BrClN13O13. The van der Waals surface area contributed by atoms with Gasteiger partial charge in [-0.3, -0.25) is 33.6 Å². The number of amides is 8. The standard InChI is InChI=1S/C22H29N5O4.C19H25N3O6.C17H21N5O2.C3H5BrO.ClH/c1-14-11-23-19(25-14)17-10-16(26-20(29)15-8-6-5-7-9-15)13-27(17)18(28)12-24-21(30)31-22(2,3)4;1-19(2,3)28-18(27)20-10-15(23)22-11-13(9-14(22)17(25)26)21-16(24)12-7-5-4-6-8-12;1-11-9-19-16(20-11)14-7-13(10-22(14)15(23)8-18)21-17(24)12-5-3-2-4-6-12;1-3(5)2-4;/h5-9,11,16-17H,10,12-13H2,1-4H3,(H,23,25)(H,24,30)(H,26,29);4-8,13-14H,9-11H2,1-3H3,(H,20,27)(H,21,24)(H,25,26);2-6,9,13-14H,7-8,10,18H2,1H3,(H,19,20)(H,21,24);2H2,1H3;1H/t16-,17+;2*13-,14+;;/m111../s1. The van der Waals surface area contributed by atoms with Crippen LogP contribution >= 0.6 is 28.3 Å². The zero-order valence-corrected chi connectivity index (χ0v) is 53.7. The SMILES string of the molecule is CC(=O)CBr.CC(C)(C)OC(=O)NCC(=O)N1C[C@H](NC(=O)c2ccccc2)C[C@H]1C(=O)O.Cc1cnc([C@@H]2C[C@@H](NC(=O)c3ccccc3)CN2C(=O)CN)[nH]1.Cc1cnc([C@@H]2C[C@@H](NC(=O)c3ccccc3)CN2C(=O)CNC(=O)OC(C)(C)C)[nH]1.Cl. The van der Waals surface area contributed by atoms with E-state index in [1.165, 1.54) is 6.92 Å². The molecule has 482 valence electrons. The number of carbonyl (C=O) groups excluding carboxylic acids is 9. The van der Waals surface area contributed by atoms with Crippen molar-refractivity contribution in [3.05, 3.63) is 143 Å². The molecule has 89 heavy (non-hydrogen) atoms. The highest BCUT2D eigenvalue weighted by molar-refractivity contribution is 9.09. The molecule has 0 aliphatic carbocycles. The van der Waals surface area contributed by atoms with Crippen molar-refractivity contribution in [2.75, 3.05) is 44.6 Å². The van der Waals surface area contributed by atoms with Crippen molar-refractivity contribution in [2.24, 2.45) is 5.73 Å². The van der Waals surface area contributed by atoms with Crippen molar-refractivity contribution in [1.82, 2.24) is 61.2 Å². The second-order valence-corrected chi connectivity index (χ2v) is 23.6. The molecule has 0 spiro atoms. The first-order chi connectivity index (χ1) is 41.5. The number of aromatic amines is 2. The Morgan fingerprint density at radius 2 is 0.899 bits per heavy atom. The quantitative estimate of drug-likeness (QED) is 0.0588. The Kier molecular flexibility index (Phi) is 27.9. The number of hydrogen-bond donors (Lipinski definition) is 9. The first kappa shape index (κ1) is 72.8. The summed E-state index contributed by atoms with van der Waals surface area (Å²) in [4.78, 5) is 139. The lowest BCUT2D eigenvalue weighted by Crippen LogP contribution is -2.46. The fourth-order valence-corrected chi connectivity index (χ4v) is 9.42. The van der Waals surface area contributed by atoms with Gasteiger partial charge in [-0.05, 0) is 112 Å². The van der Waals surface area contributed by atoms with Gasteiger partial charge in [-0.2, -0.15) is 0 Å². The fraction of sp³-hybridized carbons (Fsp3) is 0.443. The van der Waals surface area contributed by atoms with E-state index in [9.17, 15) is 53.1 Å². The minimum atomic E-state index is -1.16. The number of ketones is 1. The third-order valence-corrected chi connectivity index (χ3v) is 14.1. The van der Waals surface area contributed by atoms with E-state index in [1.807, 2.05) is 38.1 Å². The average molecular weight is 1320 g/mol. The van der Waals surface area contributed by atoms with Crippen LogP contribution in [0.5, 0.6) is 0 Å². The molecule has 28 heteroatoms.